The van der Waals surface area contributed by atoms with Gasteiger partial charge in [0.05, 0.1) is 6.10 Å². The number of aliphatic hydroxyl groups is 1. The van der Waals surface area contributed by atoms with Gasteiger partial charge in [-0.15, -0.1) is 0 Å². The van der Waals surface area contributed by atoms with E-state index in [2.05, 4.69) is 38.7 Å². The molecule has 0 amide bonds. The van der Waals surface area contributed by atoms with Crippen molar-refractivity contribution >= 4 is 0 Å². The largest absolute Gasteiger partial charge is 0.387 e. The van der Waals surface area contributed by atoms with Crippen LogP contribution in [-0.2, 0) is 0 Å². The van der Waals surface area contributed by atoms with Crippen LogP contribution in [0.5, 0.6) is 0 Å². The van der Waals surface area contributed by atoms with Crippen molar-refractivity contribution < 1.29 is 5.11 Å². The number of nitrogens with zero attached hydrogens (tertiary/aromatic N) is 1. The molecule has 108 valence electrons. The van der Waals surface area contributed by atoms with Gasteiger partial charge in [-0.1, -0.05) is 6.07 Å². The maximum atomic E-state index is 10.6. The Labute approximate surface area is 117 Å². The third-order valence-electron chi connectivity index (χ3n) is 4.04. The van der Waals surface area contributed by atoms with Crippen LogP contribution in [0, 0.1) is 27.7 Å². The molecule has 0 aliphatic rings. The van der Waals surface area contributed by atoms with Gasteiger partial charge in [-0.25, -0.2) is 0 Å². The van der Waals surface area contributed by atoms with Crippen molar-refractivity contribution in [2.45, 2.75) is 46.3 Å². The molecule has 0 aliphatic heterocycles. The monoisotopic (exact) mass is 264 g/mol. The average molecular weight is 264 g/mol. The van der Waals surface area contributed by atoms with E-state index in [9.17, 15) is 5.11 Å². The zero-order valence-corrected chi connectivity index (χ0v) is 13.1. The molecule has 2 atom stereocenters. The summed E-state index contributed by atoms with van der Waals surface area (Å²) < 4.78 is 0. The lowest BCUT2D eigenvalue weighted by Crippen LogP contribution is -2.33. The first kappa shape index (κ1) is 16.2. The number of benzene rings is 1. The quantitative estimate of drug-likeness (QED) is 0.857. The van der Waals surface area contributed by atoms with Crippen LogP contribution < -0.4 is 5.73 Å². The Balaban J connectivity index is 3.02. The van der Waals surface area contributed by atoms with Crippen molar-refractivity contribution in [3.63, 3.8) is 0 Å². The molecule has 0 aliphatic carbocycles. The smallest absolute Gasteiger partial charge is 0.0946 e. The summed E-state index contributed by atoms with van der Waals surface area (Å²) in [7, 11) is 4.04. The van der Waals surface area contributed by atoms with Crippen molar-refractivity contribution in [1.29, 1.82) is 0 Å². The van der Waals surface area contributed by atoms with Crippen LogP contribution in [-0.4, -0.2) is 36.7 Å². The van der Waals surface area contributed by atoms with Gasteiger partial charge in [-0.2, -0.15) is 0 Å². The van der Waals surface area contributed by atoms with E-state index in [-0.39, 0.29) is 6.04 Å². The van der Waals surface area contributed by atoms with Gasteiger partial charge in [0.15, 0.2) is 0 Å². The molecule has 3 heteroatoms. The molecule has 0 aromatic heterocycles. The topological polar surface area (TPSA) is 49.5 Å². The van der Waals surface area contributed by atoms with E-state index in [1.165, 1.54) is 11.1 Å². The van der Waals surface area contributed by atoms with E-state index in [1.54, 1.807) is 0 Å². The predicted octanol–water partition coefficient (Wildman–Crippen LogP) is 2.23. The van der Waals surface area contributed by atoms with Gasteiger partial charge in [-0.05, 0) is 82.6 Å². The highest BCUT2D eigenvalue weighted by molar-refractivity contribution is 5.45. The van der Waals surface area contributed by atoms with Crippen LogP contribution in [0.1, 0.15) is 40.3 Å². The van der Waals surface area contributed by atoms with Gasteiger partial charge < -0.3 is 15.7 Å². The second kappa shape index (κ2) is 6.51. The highest BCUT2D eigenvalue weighted by atomic mass is 16.3. The first-order valence-electron chi connectivity index (χ1n) is 6.91. The molecule has 0 radical (unpaired) electrons. The van der Waals surface area contributed by atoms with E-state index in [1.807, 2.05) is 14.1 Å². The molecule has 2 unspecified atom stereocenters. The van der Waals surface area contributed by atoms with E-state index < -0.39 is 6.10 Å². The zero-order valence-electron chi connectivity index (χ0n) is 13.1. The third-order valence-corrected chi connectivity index (χ3v) is 4.04. The molecule has 3 N–H and O–H groups in total. The number of hydrogen-bond donors (Lipinski definition) is 2. The van der Waals surface area contributed by atoms with Gasteiger partial charge in [0, 0.05) is 6.04 Å². The molecule has 1 aromatic carbocycles. The third kappa shape index (κ3) is 3.78. The minimum atomic E-state index is -0.585. The Morgan fingerprint density at radius 3 is 2.00 bits per heavy atom. The van der Waals surface area contributed by atoms with Crippen molar-refractivity contribution in [3.8, 4) is 0 Å². The molecule has 0 heterocycles. The Bertz CT molecular complexity index is 415. The van der Waals surface area contributed by atoms with E-state index >= 15 is 0 Å². The molecular weight excluding hydrogens is 236 g/mol. The minimum absolute atomic E-state index is 0.221. The summed E-state index contributed by atoms with van der Waals surface area (Å²) in [6, 6.07) is 1.95. The van der Waals surface area contributed by atoms with Crippen LogP contribution in [0.2, 0.25) is 0 Å². The lowest BCUT2D eigenvalue weighted by molar-refractivity contribution is 0.136. The van der Waals surface area contributed by atoms with Crippen molar-refractivity contribution in [2.75, 3.05) is 20.6 Å². The molecule has 3 nitrogen and oxygen atoms in total. The Morgan fingerprint density at radius 1 is 1.11 bits per heavy atom. The summed E-state index contributed by atoms with van der Waals surface area (Å²) >= 11 is 0. The van der Waals surface area contributed by atoms with E-state index in [0.29, 0.717) is 0 Å². The standard InChI is InChI=1S/C16H28N2O/c1-10-9-11(2)13(4)15(12(10)3)16(19)14(17)7-8-18(5)6/h9,14,16,19H,7-8,17H2,1-6H3. The molecule has 19 heavy (non-hydrogen) atoms. The molecule has 1 rings (SSSR count). The molecule has 0 bridgehead atoms. The van der Waals surface area contributed by atoms with Crippen LogP contribution >= 0.6 is 0 Å². The predicted molar refractivity (Wildman–Crippen MR) is 81.5 cm³/mol. The van der Waals surface area contributed by atoms with Crippen LogP contribution in [0.3, 0.4) is 0 Å². The Kier molecular flexibility index (Phi) is 5.53. The lowest BCUT2D eigenvalue weighted by atomic mass is 9.88. The fourth-order valence-corrected chi connectivity index (χ4v) is 2.47. The fraction of sp³-hybridized carbons (Fsp3) is 0.625. The Morgan fingerprint density at radius 2 is 1.58 bits per heavy atom. The van der Waals surface area contributed by atoms with Crippen LogP contribution in [0.25, 0.3) is 0 Å². The summed E-state index contributed by atoms with van der Waals surface area (Å²) in [4.78, 5) is 2.09. The van der Waals surface area contributed by atoms with E-state index in [4.69, 9.17) is 5.73 Å². The van der Waals surface area contributed by atoms with Crippen molar-refractivity contribution in [1.82, 2.24) is 4.90 Å². The van der Waals surface area contributed by atoms with Crippen molar-refractivity contribution in [3.05, 3.63) is 33.9 Å². The number of hydrogen-bond acceptors (Lipinski definition) is 3. The first-order valence-corrected chi connectivity index (χ1v) is 6.91. The summed E-state index contributed by atoms with van der Waals surface area (Å²) in [6.07, 6.45) is 0.207. The fourth-order valence-electron chi connectivity index (χ4n) is 2.47. The van der Waals surface area contributed by atoms with Gasteiger partial charge in [0.25, 0.3) is 0 Å². The summed E-state index contributed by atoms with van der Waals surface area (Å²) in [5.74, 6) is 0. The summed E-state index contributed by atoms with van der Waals surface area (Å²) in [5.41, 5.74) is 11.9. The minimum Gasteiger partial charge on any atom is -0.387 e. The molecule has 1 aromatic rings. The SMILES string of the molecule is Cc1cc(C)c(C)c(C(O)C(N)CCN(C)C)c1C. The molecule has 0 fully saturated rings. The second-order valence-electron chi connectivity index (χ2n) is 5.87. The highest BCUT2D eigenvalue weighted by Crippen LogP contribution is 2.29. The summed E-state index contributed by atoms with van der Waals surface area (Å²) in [5, 5.41) is 10.6. The maximum absolute atomic E-state index is 10.6. The maximum Gasteiger partial charge on any atom is 0.0946 e. The number of nitrogens with two attached hydrogens (primary N) is 1. The highest BCUT2D eigenvalue weighted by Gasteiger charge is 2.22. The average Bonchev–Trinajstić information content (AvgIpc) is 2.33. The van der Waals surface area contributed by atoms with Crippen LogP contribution in [0.15, 0.2) is 6.07 Å². The molecule has 0 saturated carbocycles. The molecule has 0 spiro atoms. The first-order chi connectivity index (χ1) is 8.75. The normalized spacial score (nSPS) is 14.8. The summed E-state index contributed by atoms with van der Waals surface area (Å²) in [6.45, 7) is 9.20. The zero-order chi connectivity index (χ0) is 14.7. The number of rotatable bonds is 5. The van der Waals surface area contributed by atoms with E-state index in [0.717, 1.165) is 29.7 Å². The number of aryl methyl sites for hydroxylation is 2. The van der Waals surface area contributed by atoms with Gasteiger partial charge >= 0.3 is 0 Å². The van der Waals surface area contributed by atoms with Gasteiger partial charge in [0.1, 0.15) is 0 Å². The van der Waals surface area contributed by atoms with Gasteiger partial charge in [0.2, 0.25) is 0 Å². The van der Waals surface area contributed by atoms with Gasteiger partial charge in [-0.3, -0.25) is 0 Å². The van der Waals surface area contributed by atoms with Crippen molar-refractivity contribution in [2.24, 2.45) is 5.73 Å². The molecular formula is C16H28N2O. The second-order valence-corrected chi connectivity index (χ2v) is 5.87. The Hall–Kier alpha value is -0.900. The number of aliphatic hydroxyl groups excluding tert-OH is 1. The lowest BCUT2D eigenvalue weighted by Gasteiger charge is -2.25. The molecule has 0 saturated heterocycles. The van der Waals surface area contributed by atoms with Crippen LogP contribution in [0.4, 0.5) is 0 Å².